The lowest BCUT2D eigenvalue weighted by molar-refractivity contribution is 0.0548. The van der Waals surface area contributed by atoms with Gasteiger partial charge < -0.3 is 20.4 Å². The van der Waals surface area contributed by atoms with Crippen molar-refractivity contribution in [2.45, 2.75) is 26.7 Å². The van der Waals surface area contributed by atoms with Gasteiger partial charge in [-0.1, -0.05) is 12.1 Å². The predicted molar refractivity (Wildman–Crippen MR) is 109 cm³/mol. The number of morpholine rings is 1. The van der Waals surface area contributed by atoms with Gasteiger partial charge in [0.15, 0.2) is 0 Å². The summed E-state index contributed by atoms with van der Waals surface area (Å²) < 4.78 is 5.52. The minimum absolute atomic E-state index is 0.780. The van der Waals surface area contributed by atoms with E-state index in [0.29, 0.717) is 0 Å². The largest absolute Gasteiger partial charge is 0.378 e. The summed E-state index contributed by atoms with van der Waals surface area (Å²) in [6.45, 7) is 9.86. The fourth-order valence-corrected chi connectivity index (χ4v) is 3.83. The van der Waals surface area contributed by atoms with Crippen LogP contribution in [0.1, 0.15) is 32.3 Å². The van der Waals surface area contributed by atoms with E-state index in [1.54, 1.807) is 0 Å². The second kappa shape index (κ2) is 8.90. The average Bonchev–Trinajstić information content (AvgIpc) is 3.07. The molecule has 1 heterocycles. The van der Waals surface area contributed by atoms with Crippen LogP contribution in [0.15, 0.2) is 46.2 Å². The van der Waals surface area contributed by atoms with Crippen molar-refractivity contribution in [2.24, 2.45) is 10.9 Å². The van der Waals surface area contributed by atoms with Crippen LogP contribution in [0.4, 0.5) is 5.69 Å². The zero-order valence-electron chi connectivity index (χ0n) is 15.9. The number of rotatable bonds is 6. The van der Waals surface area contributed by atoms with Crippen LogP contribution in [0, 0.1) is 0 Å². The molecule has 0 radical (unpaired) electrons. The van der Waals surface area contributed by atoms with Crippen molar-refractivity contribution in [3.63, 3.8) is 0 Å². The Morgan fingerprint density at radius 3 is 2.42 bits per heavy atom. The predicted octanol–water partition coefficient (Wildman–Crippen LogP) is 3.24. The average molecular weight is 354 g/mol. The Morgan fingerprint density at radius 2 is 1.81 bits per heavy atom. The monoisotopic (exact) mass is 354 g/mol. The molecule has 0 saturated carbocycles. The fourth-order valence-electron chi connectivity index (χ4n) is 3.83. The zero-order valence-corrected chi connectivity index (χ0v) is 15.9. The number of nitrogens with zero attached hydrogens (tertiary/aromatic N) is 3. The topological polar surface area (TPSA) is 54.1 Å². The molecular weight excluding hydrogens is 324 g/mol. The molecule has 1 aliphatic heterocycles. The van der Waals surface area contributed by atoms with Gasteiger partial charge in [0.05, 0.1) is 19.4 Å². The van der Waals surface area contributed by atoms with Gasteiger partial charge in [0, 0.05) is 37.6 Å². The second-order valence-electron chi connectivity index (χ2n) is 6.68. The van der Waals surface area contributed by atoms with E-state index in [0.717, 1.165) is 52.2 Å². The van der Waals surface area contributed by atoms with Crippen LogP contribution < -0.4 is 10.7 Å². The summed E-state index contributed by atoms with van der Waals surface area (Å²) in [4.78, 5) is 4.78. The molecule has 0 bridgehead atoms. The first kappa shape index (κ1) is 18.5. The highest BCUT2D eigenvalue weighted by Gasteiger charge is 2.25. The Balaban J connectivity index is 1.86. The number of ether oxygens (including phenoxy) is 1. The van der Waals surface area contributed by atoms with Gasteiger partial charge in [-0.3, -0.25) is 0 Å². The Kier molecular flexibility index (Phi) is 6.34. The van der Waals surface area contributed by atoms with Crippen molar-refractivity contribution in [1.82, 2.24) is 4.90 Å². The van der Waals surface area contributed by atoms with Crippen LogP contribution in [0.5, 0.6) is 0 Å². The van der Waals surface area contributed by atoms with Crippen molar-refractivity contribution < 1.29 is 4.74 Å². The molecule has 5 nitrogen and oxygen atoms in total. The molecular formula is C21H30N4O. The van der Waals surface area contributed by atoms with E-state index in [1.165, 1.54) is 28.1 Å². The summed E-state index contributed by atoms with van der Waals surface area (Å²) >= 11 is 0. The van der Waals surface area contributed by atoms with Gasteiger partial charge in [-0.15, -0.1) is 0 Å². The summed E-state index contributed by atoms with van der Waals surface area (Å²) in [7, 11) is 0. The standard InChI is InChI=1S/C21H30N4O/c1-3-24(4-2)20-9-5-17(6-10-20)15-18-7-8-19(16-23-22)21(18)25-11-13-26-14-12-25/h5-6,9-10,15-16H,3-4,7-8,11-14,22H2,1-2H3/b18-15+,23-16-. The van der Waals surface area contributed by atoms with E-state index in [1.807, 2.05) is 6.21 Å². The van der Waals surface area contributed by atoms with Crippen molar-refractivity contribution >= 4 is 18.0 Å². The summed E-state index contributed by atoms with van der Waals surface area (Å²) in [5.74, 6) is 5.44. The summed E-state index contributed by atoms with van der Waals surface area (Å²) in [6.07, 6.45) is 6.16. The normalized spacial score (nSPS) is 19.8. The molecule has 5 heteroatoms. The highest BCUT2D eigenvalue weighted by atomic mass is 16.5. The van der Waals surface area contributed by atoms with Crippen LogP contribution in [-0.2, 0) is 4.74 Å². The molecule has 1 aromatic rings. The number of anilines is 1. The molecule has 3 rings (SSSR count). The van der Waals surface area contributed by atoms with E-state index in [4.69, 9.17) is 10.6 Å². The van der Waals surface area contributed by atoms with Gasteiger partial charge in [0.25, 0.3) is 0 Å². The quantitative estimate of drug-likeness (QED) is 0.484. The molecule has 0 spiro atoms. The van der Waals surface area contributed by atoms with Crippen molar-refractivity contribution in [3.05, 3.63) is 46.7 Å². The third-order valence-corrected chi connectivity index (χ3v) is 5.19. The van der Waals surface area contributed by atoms with Crippen LogP contribution in [0.2, 0.25) is 0 Å². The van der Waals surface area contributed by atoms with Crippen molar-refractivity contribution in [3.8, 4) is 0 Å². The van der Waals surface area contributed by atoms with Gasteiger partial charge in [-0.2, -0.15) is 5.10 Å². The Morgan fingerprint density at radius 1 is 1.12 bits per heavy atom. The summed E-state index contributed by atoms with van der Waals surface area (Å²) in [5.41, 5.74) is 6.43. The van der Waals surface area contributed by atoms with Gasteiger partial charge in [-0.25, -0.2) is 0 Å². The van der Waals surface area contributed by atoms with Crippen molar-refractivity contribution in [1.29, 1.82) is 0 Å². The maximum Gasteiger partial charge on any atom is 0.0642 e. The number of allylic oxidation sites excluding steroid dienone is 2. The first-order chi connectivity index (χ1) is 12.8. The van der Waals surface area contributed by atoms with Gasteiger partial charge in [0.1, 0.15) is 0 Å². The van der Waals surface area contributed by atoms with Gasteiger partial charge in [0.2, 0.25) is 0 Å². The number of benzene rings is 1. The van der Waals surface area contributed by atoms with Gasteiger partial charge in [-0.05, 0) is 61.6 Å². The maximum absolute atomic E-state index is 5.52. The molecule has 0 atom stereocenters. The maximum atomic E-state index is 5.52. The molecule has 0 amide bonds. The minimum Gasteiger partial charge on any atom is -0.378 e. The SMILES string of the molecule is CCN(CC)c1ccc(/C=C2\CCC(/C=N\N)=C2N2CCOCC2)cc1. The zero-order chi connectivity index (χ0) is 18.4. The molecule has 2 N–H and O–H groups in total. The molecule has 1 fully saturated rings. The molecule has 1 aromatic carbocycles. The second-order valence-corrected chi connectivity index (χ2v) is 6.68. The number of hydrogen-bond acceptors (Lipinski definition) is 5. The first-order valence-corrected chi connectivity index (χ1v) is 9.61. The molecule has 26 heavy (non-hydrogen) atoms. The summed E-state index contributed by atoms with van der Waals surface area (Å²) in [6, 6.07) is 8.86. The van der Waals surface area contributed by atoms with Crippen LogP contribution >= 0.6 is 0 Å². The van der Waals surface area contributed by atoms with E-state index in [-0.39, 0.29) is 0 Å². The lowest BCUT2D eigenvalue weighted by Gasteiger charge is -2.31. The Bertz CT molecular complexity index is 680. The molecule has 2 aliphatic rings. The Hall–Kier alpha value is -2.27. The van der Waals surface area contributed by atoms with E-state index < -0.39 is 0 Å². The fraction of sp³-hybridized carbons (Fsp3) is 0.476. The number of hydrazone groups is 1. The molecule has 140 valence electrons. The van der Waals surface area contributed by atoms with Crippen molar-refractivity contribution in [2.75, 3.05) is 44.3 Å². The lowest BCUT2D eigenvalue weighted by atomic mass is 10.1. The highest BCUT2D eigenvalue weighted by molar-refractivity contribution is 5.83. The molecule has 1 aliphatic carbocycles. The van der Waals surface area contributed by atoms with Gasteiger partial charge >= 0.3 is 0 Å². The van der Waals surface area contributed by atoms with Crippen LogP contribution in [0.25, 0.3) is 6.08 Å². The van der Waals surface area contributed by atoms with E-state index in [9.17, 15) is 0 Å². The number of hydrogen-bond donors (Lipinski definition) is 1. The minimum atomic E-state index is 0.780. The van der Waals surface area contributed by atoms with E-state index >= 15 is 0 Å². The van der Waals surface area contributed by atoms with E-state index in [2.05, 4.69) is 59.1 Å². The first-order valence-electron chi connectivity index (χ1n) is 9.61. The smallest absolute Gasteiger partial charge is 0.0642 e. The third-order valence-electron chi connectivity index (χ3n) is 5.19. The van der Waals surface area contributed by atoms with Crippen LogP contribution in [-0.4, -0.2) is 50.5 Å². The van der Waals surface area contributed by atoms with Crippen LogP contribution in [0.3, 0.4) is 0 Å². The molecule has 0 unspecified atom stereocenters. The molecule has 0 aromatic heterocycles. The number of nitrogens with two attached hydrogens (primary N) is 1. The molecule has 1 saturated heterocycles. The summed E-state index contributed by atoms with van der Waals surface area (Å²) in [5, 5.41) is 3.78. The highest BCUT2D eigenvalue weighted by Crippen LogP contribution is 2.35. The third kappa shape index (κ3) is 4.10. The lowest BCUT2D eigenvalue weighted by Crippen LogP contribution is -2.36. The Labute approximate surface area is 156 Å².